The van der Waals surface area contributed by atoms with Crippen molar-refractivity contribution < 1.29 is 4.42 Å². The molecule has 4 nitrogen and oxygen atoms in total. The molecule has 13 rings (SSSR count). The second kappa shape index (κ2) is 13.6. The average molecular weight is 792 g/mol. The van der Waals surface area contributed by atoms with Gasteiger partial charge in [-0.3, -0.25) is 0 Å². The SMILES string of the molecule is c1ccc(-n2c3ccccc3c3ccc(N(c4ccc(-c5cccc6oc7ccccc7c56)cc4)c4cccc5c4c4ccccc4n5-c4ccc5ccccc5c4)cc32)cc1. The lowest BCUT2D eigenvalue weighted by Crippen LogP contribution is -2.10. The molecule has 3 heterocycles. The molecule has 0 atom stereocenters. The van der Waals surface area contributed by atoms with E-state index in [1.807, 2.05) is 12.1 Å². The molecule has 0 spiro atoms. The molecule has 0 fully saturated rings. The van der Waals surface area contributed by atoms with Gasteiger partial charge < -0.3 is 18.5 Å². The van der Waals surface area contributed by atoms with E-state index in [1.165, 1.54) is 43.4 Å². The number of hydrogen-bond acceptors (Lipinski definition) is 2. The number of anilines is 3. The highest BCUT2D eigenvalue weighted by atomic mass is 16.3. The van der Waals surface area contributed by atoms with Crippen molar-refractivity contribution in [3.63, 3.8) is 0 Å². The van der Waals surface area contributed by atoms with E-state index >= 15 is 0 Å². The maximum Gasteiger partial charge on any atom is 0.136 e. The Morgan fingerprint density at radius 1 is 0.339 bits per heavy atom. The van der Waals surface area contributed by atoms with Crippen LogP contribution in [0.3, 0.4) is 0 Å². The fraction of sp³-hybridized carbons (Fsp3) is 0. The molecular formula is C58H37N3O. The van der Waals surface area contributed by atoms with Crippen LogP contribution in [0, 0.1) is 0 Å². The number of hydrogen-bond donors (Lipinski definition) is 0. The van der Waals surface area contributed by atoms with E-state index < -0.39 is 0 Å². The van der Waals surface area contributed by atoms with Gasteiger partial charge in [0.25, 0.3) is 0 Å². The summed E-state index contributed by atoms with van der Waals surface area (Å²) in [5.41, 5.74) is 14.3. The van der Waals surface area contributed by atoms with Gasteiger partial charge in [0, 0.05) is 55.1 Å². The summed E-state index contributed by atoms with van der Waals surface area (Å²) in [4.78, 5) is 2.45. The molecule has 0 saturated carbocycles. The van der Waals surface area contributed by atoms with Crippen LogP contribution in [0.25, 0.3) is 98.8 Å². The first-order valence-corrected chi connectivity index (χ1v) is 21.2. The summed E-state index contributed by atoms with van der Waals surface area (Å²) in [6.45, 7) is 0. The average Bonchev–Trinajstić information content (AvgIpc) is 4.00. The van der Waals surface area contributed by atoms with Crippen molar-refractivity contribution in [3.8, 4) is 22.5 Å². The Morgan fingerprint density at radius 3 is 1.82 bits per heavy atom. The first-order valence-electron chi connectivity index (χ1n) is 21.2. The summed E-state index contributed by atoms with van der Waals surface area (Å²) in [7, 11) is 0. The topological polar surface area (TPSA) is 26.2 Å². The predicted octanol–water partition coefficient (Wildman–Crippen LogP) is 16.1. The molecular weight excluding hydrogens is 755 g/mol. The lowest BCUT2D eigenvalue weighted by atomic mass is 9.99. The van der Waals surface area contributed by atoms with E-state index in [0.29, 0.717) is 0 Å². The third-order valence-electron chi connectivity index (χ3n) is 12.7. The van der Waals surface area contributed by atoms with Gasteiger partial charge in [-0.1, -0.05) is 140 Å². The number of furan rings is 1. The second-order valence-electron chi connectivity index (χ2n) is 16.1. The van der Waals surface area contributed by atoms with E-state index in [0.717, 1.165) is 72.5 Å². The van der Waals surface area contributed by atoms with Crippen molar-refractivity contribution in [2.75, 3.05) is 4.90 Å². The third-order valence-corrected chi connectivity index (χ3v) is 12.7. The van der Waals surface area contributed by atoms with Crippen molar-refractivity contribution in [2.24, 2.45) is 0 Å². The van der Waals surface area contributed by atoms with Gasteiger partial charge >= 0.3 is 0 Å². The zero-order valence-corrected chi connectivity index (χ0v) is 33.6. The highest BCUT2D eigenvalue weighted by molar-refractivity contribution is 6.18. The fourth-order valence-electron chi connectivity index (χ4n) is 9.97. The largest absolute Gasteiger partial charge is 0.456 e. The van der Waals surface area contributed by atoms with Crippen LogP contribution in [0.5, 0.6) is 0 Å². The highest BCUT2D eigenvalue weighted by Crippen LogP contribution is 2.46. The van der Waals surface area contributed by atoms with Gasteiger partial charge in [-0.15, -0.1) is 0 Å². The maximum absolute atomic E-state index is 6.31. The third kappa shape index (κ3) is 5.20. The Kier molecular flexibility index (Phi) is 7.57. The molecule has 4 heteroatoms. The van der Waals surface area contributed by atoms with Crippen molar-refractivity contribution in [1.82, 2.24) is 9.13 Å². The molecule has 62 heavy (non-hydrogen) atoms. The number of aromatic nitrogens is 2. The Morgan fingerprint density at radius 2 is 0.968 bits per heavy atom. The summed E-state index contributed by atoms with van der Waals surface area (Å²) >= 11 is 0. The van der Waals surface area contributed by atoms with Gasteiger partial charge in [-0.2, -0.15) is 0 Å². The van der Waals surface area contributed by atoms with Crippen molar-refractivity contribution in [2.45, 2.75) is 0 Å². The smallest absolute Gasteiger partial charge is 0.136 e. The number of fused-ring (bicyclic) bond motifs is 10. The highest BCUT2D eigenvalue weighted by Gasteiger charge is 2.23. The summed E-state index contributed by atoms with van der Waals surface area (Å²) in [6, 6.07) is 81.1. The molecule has 0 amide bonds. The minimum Gasteiger partial charge on any atom is -0.456 e. The normalized spacial score (nSPS) is 11.9. The number of para-hydroxylation sites is 4. The van der Waals surface area contributed by atoms with Gasteiger partial charge in [0.05, 0.1) is 27.8 Å². The lowest BCUT2D eigenvalue weighted by Gasteiger charge is -2.27. The molecule has 3 aromatic heterocycles. The van der Waals surface area contributed by atoms with Gasteiger partial charge in [0.15, 0.2) is 0 Å². The molecule has 0 aliphatic heterocycles. The van der Waals surface area contributed by atoms with Gasteiger partial charge in [-0.05, 0) is 107 Å². The Bertz CT molecular complexity index is 3870. The van der Waals surface area contributed by atoms with Crippen molar-refractivity contribution in [1.29, 1.82) is 0 Å². The fourth-order valence-corrected chi connectivity index (χ4v) is 9.97. The van der Waals surface area contributed by atoms with E-state index in [2.05, 4.69) is 226 Å². The summed E-state index contributed by atoms with van der Waals surface area (Å²) in [5, 5.41) is 9.55. The first kappa shape index (κ1) is 34.5. The van der Waals surface area contributed by atoms with E-state index in [9.17, 15) is 0 Å². The van der Waals surface area contributed by atoms with Crippen molar-refractivity contribution in [3.05, 3.63) is 224 Å². The zero-order valence-electron chi connectivity index (χ0n) is 33.6. The van der Waals surface area contributed by atoms with Gasteiger partial charge in [0.1, 0.15) is 11.2 Å². The molecule has 0 bridgehead atoms. The monoisotopic (exact) mass is 791 g/mol. The number of rotatable bonds is 6. The molecule has 0 radical (unpaired) electrons. The molecule has 0 N–H and O–H groups in total. The standard InChI is InChI=1S/C58H37N3O/c1-2-16-41(17-3-1)60-50-22-9-6-18-46(50)47-35-34-44(37-54(47)60)59(42-31-29-39(30-32-42)45-21-12-27-56-57(45)49-20-8-11-26-55(49)62-56)52-24-13-25-53-58(52)48-19-7-10-23-51(48)61(53)43-33-28-38-14-4-5-15-40(38)36-43/h1-37H. The Hall–Kier alpha value is -8.34. The van der Waals surface area contributed by atoms with Crippen LogP contribution in [-0.2, 0) is 0 Å². The molecule has 0 aliphatic carbocycles. The molecule has 0 saturated heterocycles. The van der Waals surface area contributed by atoms with Crippen LogP contribution >= 0.6 is 0 Å². The summed E-state index contributed by atoms with van der Waals surface area (Å²) in [6.07, 6.45) is 0. The van der Waals surface area contributed by atoms with E-state index in [4.69, 9.17) is 4.42 Å². The predicted molar refractivity (Wildman–Crippen MR) is 260 cm³/mol. The Balaban J connectivity index is 1.07. The summed E-state index contributed by atoms with van der Waals surface area (Å²) in [5.74, 6) is 0. The first-order chi connectivity index (χ1) is 30.8. The van der Waals surface area contributed by atoms with E-state index in [-0.39, 0.29) is 0 Å². The zero-order chi connectivity index (χ0) is 40.7. The van der Waals surface area contributed by atoms with Crippen LogP contribution in [0.15, 0.2) is 229 Å². The molecule has 290 valence electrons. The van der Waals surface area contributed by atoms with Gasteiger partial charge in [0.2, 0.25) is 0 Å². The minimum absolute atomic E-state index is 0.894. The van der Waals surface area contributed by atoms with Crippen LogP contribution in [0.4, 0.5) is 17.1 Å². The second-order valence-corrected chi connectivity index (χ2v) is 16.1. The molecule has 13 aromatic rings. The van der Waals surface area contributed by atoms with E-state index in [1.54, 1.807) is 0 Å². The molecule has 0 aliphatic rings. The van der Waals surface area contributed by atoms with Crippen molar-refractivity contribution >= 4 is 93.4 Å². The Labute approximate surface area is 357 Å². The molecule has 10 aromatic carbocycles. The number of nitrogens with zero attached hydrogens (tertiary/aromatic N) is 3. The maximum atomic E-state index is 6.31. The van der Waals surface area contributed by atoms with Gasteiger partial charge in [-0.25, -0.2) is 0 Å². The van der Waals surface area contributed by atoms with Crippen LogP contribution in [0.1, 0.15) is 0 Å². The molecule has 0 unspecified atom stereocenters. The van der Waals surface area contributed by atoms with Crippen LogP contribution in [0.2, 0.25) is 0 Å². The summed E-state index contributed by atoms with van der Waals surface area (Å²) < 4.78 is 11.1. The quantitative estimate of drug-likeness (QED) is 0.168. The van der Waals surface area contributed by atoms with Crippen LogP contribution < -0.4 is 4.90 Å². The number of benzene rings is 10. The van der Waals surface area contributed by atoms with Crippen LogP contribution in [-0.4, -0.2) is 9.13 Å². The lowest BCUT2D eigenvalue weighted by molar-refractivity contribution is 0.669. The minimum atomic E-state index is 0.894.